The quantitative estimate of drug-likeness (QED) is 0.668. The van der Waals surface area contributed by atoms with Crippen LogP contribution in [0.4, 0.5) is 5.69 Å². The summed E-state index contributed by atoms with van der Waals surface area (Å²) in [6, 6.07) is 0. The molecule has 0 aliphatic carbocycles. The average molecular weight is 169 g/mol. The molecule has 0 spiro atoms. The van der Waals surface area contributed by atoms with E-state index in [1.807, 2.05) is 18.0 Å². The maximum Gasteiger partial charge on any atom is 0.0854 e. The topological polar surface area (TPSA) is 40.7 Å². The molecular weight excluding hydrogens is 158 g/mol. The molecule has 0 saturated carbocycles. The number of rotatable bonds is 1. The van der Waals surface area contributed by atoms with Gasteiger partial charge in [0, 0.05) is 6.20 Å². The van der Waals surface area contributed by atoms with Gasteiger partial charge in [0.15, 0.2) is 0 Å². The first-order chi connectivity index (χ1) is 5.40. The first-order valence-electron chi connectivity index (χ1n) is 3.72. The zero-order valence-electron chi connectivity index (χ0n) is 6.42. The lowest BCUT2D eigenvalue weighted by molar-refractivity contribution is 0.768. The summed E-state index contributed by atoms with van der Waals surface area (Å²) < 4.78 is 0. The van der Waals surface area contributed by atoms with Crippen LogP contribution in [0.15, 0.2) is 6.20 Å². The van der Waals surface area contributed by atoms with E-state index >= 15 is 0 Å². The fourth-order valence-corrected chi connectivity index (χ4v) is 1.92. The van der Waals surface area contributed by atoms with Gasteiger partial charge < -0.3 is 5.32 Å². The number of nitrogens with one attached hydrogen (secondary N) is 2. The van der Waals surface area contributed by atoms with E-state index in [1.54, 1.807) is 0 Å². The molecule has 0 aromatic carbocycles. The van der Waals surface area contributed by atoms with Gasteiger partial charge in [-0.1, -0.05) is 0 Å². The molecule has 1 aliphatic rings. The molecule has 1 atom stereocenters. The first kappa shape index (κ1) is 7.03. The second kappa shape index (κ2) is 2.77. The predicted molar refractivity (Wildman–Crippen MR) is 47.8 cm³/mol. The lowest BCUT2D eigenvalue weighted by Crippen LogP contribution is -2.20. The number of aryl methyl sites for hydroxylation is 1. The fourth-order valence-electron chi connectivity index (χ4n) is 1.32. The maximum absolute atomic E-state index is 4.13. The second-order valence-corrected chi connectivity index (χ2v) is 3.69. The third-order valence-corrected chi connectivity index (χ3v) is 2.89. The number of aromatic amines is 1. The molecule has 1 aliphatic heterocycles. The van der Waals surface area contributed by atoms with Crippen molar-refractivity contribution in [3.05, 3.63) is 11.9 Å². The van der Waals surface area contributed by atoms with Crippen molar-refractivity contribution in [1.29, 1.82) is 0 Å². The van der Waals surface area contributed by atoms with Gasteiger partial charge in [-0.25, -0.2) is 0 Å². The highest BCUT2D eigenvalue weighted by molar-refractivity contribution is 7.99. The lowest BCUT2D eigenvalue weighted by atomic mass is 10.1. The van der Waals surface area contributed by atoms with Crippen molar-refractivity contribution in [2.24, 2.45) is 0 Å². The first-order valence-corrected chi connectivity index (χ1v) is 5.01. The molecule has 0 fully saturated rings. The molecule has 3 nitrogen and oxygen atoms in total. The van der Waals surface area contributed by atoms with Crippen LogP contribution in [0, 0.1) is 0 Å². The van der Waals surface area contributed by atoms with Crippen molar-refractivity contribution >= 4 is 17.4 Å². The van der Waals surface area contributed by atoms with Gasteiger partial charge in [0.05, 0.1) is 16.8 Å². The van der Waals surface area contributed by atoms with Crippen LogP contribution in [0.5, 0.6) is 0 Å². The number of hydrogen-bond acceptors (Lipinski definition) is 3. The Balaban J connectivity index is 2.18. The van der Waals surface area contributed by atoms with E-state index in [-0.39, 0.29) is 0 Å². The summed E-state index contributed by atoms with van der Waals surface area (Å²) in [5, 5.41) is 11.0. The zero-order chi connectivity index (χ0) is 7.68. The molecule has 0 radical (unpaired) electrons. The number of hydrogen-bond donors (Lipinski definition) is 2. The smallest absolute Gasteiger partial charge is 0.0854 e. The standard InChI is InChI=1S/C7H11N3S/c1-11-7-3-2-5-6(9-7)4-8-10-5/h4,7,9H,2-3H2,1H3,(H,8,10). The van der Waals surface area contributed by atoms with E-state index < -0.39 is 0 Å². The highest BCUT2D eigenvalue weighted by atomic mass is 32.2. The van der Waals surface area contributed by atoms with Crippen molar-refractivity contribution in [1.82, 2.24) is 10.2 Å². The minimum absolute atomic E-state index is 0.570. The normalized spacial score (nSPS) is 22.5. The Kier molecular flexibility index (Phi) is 1.77. The van der Waals surface area contributed by atoms with Crippen LogP contribution in [-0.4, -0.2) is 21.8 Å². The third-order valence-electron chi connectivity index (χ3n) is 1.96. The summed E-state index contributed by atoms with van der Waals surface area (Å²) in [5.41, 5.74) is 2.35. The molecule has 2 heterocycles. The Labute approximate surface area is 70.0 Å². The van der Waals surface area contributed by atoms with Crippen LogP contribution in [-0.2, 0) is 6.42 Å². The van der Waals surface area contributed by atoms with Gasteiger partial charge >= 0.3 is 0 Å². The molecule has 0 amide bonds. The van der Waals surface area contributed by atoms with Crippen molar-refractivity contribution in [3.8, 4) is 0 Å². The minimum Gasteiger partial charge on any atom is -0.371 e. The van der Waals surface area contributed by atoms with Crippen LogP contribution < -0.4 is 5.32 Å². The molecule has 0 bridgehead atoms. The van der Waals surface area contributed by atoms with Gasteiger partial charge in [-0.15, -0.1) is 11.8 Å². The molecule has 1 aromatic heterocycles. The Bertz CT molecular complexity index is 246. The van der Waals surface area contributed by atoms with Crippen LogP contribution in [0.25, 0.3) is 0 Å². The largest absolute Gasteiger partial charge is 0.371 e. The monoisotopic (exact) mass is 169 g/mol. The van der Waals surface area contributed by atoms with Crippen LogP contribution in [0.2, 0.25) is 0 Å². The molecule has 2 N–H and O–H groups in total. The van der Waals surface area contributed by atoms with Gasteiger partial charge in [0.2, 0.25) is 0 Å². The van der Waals surface area contributed by atoms with Crippen molar-refractivity contribution < 1.29 is 0 Å². The molecule has 2 rings (SSSR count). The number of nitrogens with zero attached hydrogens (tertiary/aromatic N) is 1. The number of anilines is 1. The van der Waals surface area contributed by atoms with Crippen molar-refractivity contribution in [3.63, 3.8) is 0 Å². The van der Waals surface area contributed by atoms with E-state index in [2.05, 4.69) is 21.8 Å². The van der Waals surface area contributed by atoms with E-state index in [0.29, 0.717) is 5.37 Å². The molecule has 1 aromatic rings. The molecule has 0 saturated heterocycles. The Morgan fingerprint density at radius 2 is 2.64 bits per heavy atom. The molecular formula is C7H11N3S. The van der Waals surface area contributed by atoms with Gasteiger partial charge in [0.25, 0.3) is 0 Å². The van der Waals surface area contributed by atoms with E-state index in [9.17, 15) is 0 Å². The van der Waals surface area contributed by atoms with Gasteiger partial charge in [-0.2, -0.15) is 5.10 Å². The van der Waals surface area contributed by atoms with E-state index in [4.69, 9.17) is 0 Å². The van der Waals surface area contributed by atoms with E-state index in [1.165, 1.54) is 17.8 Å². The third kappa shape index (κ3) is 1.22. The molecule has 11 heavy (non-hydrogen) atoms. The summed E-state index contributed by atoms with van der Waals surface area (Å²) in [5.74, 6) is 0. The Morgan fingerprint density at radius 1 is 1.73 bits per heavy atom. The van der Waals surface area contributed by atoms with Gasteiger partial charge in [0.1, 0.15) is 0 Å². The van der Waals surface area contributed by atoms with E-state index in [0.717, 1.165) is 6.42 Å². The zero-order valence-corrected chi connectivity index (χ0v) is 7.24. The number of thioether (sulfide) groups is 1. The number of H-pyrrole nitrogens is 1. The SMILES string of the molecule is CSC1CCc2n[nH]cc2N1. The Morgan fingerprint density at radius 3 is 3.45 bits per heavy atom. The highest BCUT2D eigenvalue weighted by Gasteiger charge is 2.17. The van der Waals surface area contributed by atoms with Gasteiger partial charge in [-0.3, -0.25) is 5.10 Å². The summed E-state index contributed by atoms with van der Waals surface area (Å²) in [4.78, 5) is 0. The number of fused-ring (bicyclic) bond motifs is 1. The fraction of sp³-hybridized carbons (Fsp3) is 0.571. The van der Waals surface area contributed by atoms with Crippen LogP contribution in [0.3, 0.4) is 0 Å². The number of aromatic nitrogens is 2. The average Bonchev–Trinajstić information content (AvgIpc) is 2.50. The maximum atomic E-state index is 4.13. The second-order valence-electron chi connectivity index (χ2n) is 2.65. The lowest BCUT2D eigenvalue weighted by Gasteiger charge is -2.21. The Hall–Kier alpha value is -0.640. The minimum atomic E-state index is 0.570. The van der Waals surface area contributed by atoms with Gasteiger partial charge in [-0.05, 0) is 19.1 Å². The van der Waals surface area contributed by atoms with Crippen molar-refractivity contribution in [2.75, 3.05) is 11.6 Å². The molecule has 60 valence electrons. The highest BCUT2D eigenvalue weighted by Crippen LogP contribution is 2.26. The summed E-state index contributed by atoms with van der Waals surface area (Å²) in [6.45, 7) is 0. The molecule has 1 unspecified atom stereocenters. The van der Waals surface area contributed by atoms with Crippen LogP contribution >= 0.6 is 11.8 Å². The van der Waals surface area contributed by atoms with Crippen molar-refractivity contribution in [2.45, 2.75) is 18.2 Å². The summed E-state index contributed by atoms with van der Waals surface area (Å²) in [6.07, 6.45) is 6.33. The van der Waals surface area contributed by atoms with Crippen LogP contribution in [0.1, 0.15) is 12.1 Å². The molecule has 4 heteroatoms. The summed E-state index contributed by atoms with van der Waals surface area (Å²) >= 11 is 1.86. The predicted octanol–water partition coefficient (Wildman–Crippen LogP) is 1.46. The summed E-state index contributed by atoms with van der Waals surface area (Å²) in [7, 11) is 0.